The summed E-state index contributed by atoms with van der Waals surface area (Å²) in [7, 11) is 0. The molecule has 0 spiro atoms. The molecule has 172 valence electrons. The fourth-order valence-electron chi connectivity index (χ4n) is 5.02. The van der Waals surface area contributed by atoms with Gasteiger partial charge in [-0.1, -0.05) is 46.9 Å². The van der Waals surface area contributed by atoms with Crippen molar-refractivity contribution in [3.05, 3.63) is 68.7 Å². The molecular weight excluding hydrogens is 467 g/mol. The lowest BCUT2D eigenvalue weighted by Crippen LogP contribution is -2.51. The van der Waals surface area contributed by atoms with Crippen LogP contribution in [0.5, 0.6) is 0 Å². The van der Waals surface area contributed by atoms with E-state index in [4.69, 9.17) is 39.5 Å². The maximum absolute atomic E-state index is 12.4. The Morgan fingerprint density at radius 3 is 2.28 bits per heavy atom. The van der Waals surface area contributed by atoms with Crippen LogP contribution in [0.25, 0.3) is 0 Å². The van der Waals surface area contributed by atoms with E-state index < -0.39 is 0 Å². The summed E-state index contributed by atoms with van der Waals surface area (Å²) in [6.07, 6.45) is 6.35. The summed E-state index contributed by atoms with van der Waals surface area (Å²) in [5.74, 6) is 0.703. The van der Waals surface area contributed by atoms with E-state index in [-0.39, 0.29) is 18.7 Å². The average Bonchev–Trinajstić information content (AvgIpc) is 3.22. The molecule has 0 aromatic heterocycles. The lowest BCUT2D eigenvalue weighted by atomic mass is 9.89. The van der Waals surface area contributed by atoms with Crippen molar-refractivity contribution in [2.45, 2.75) is 57.2 Å². The van der Waals surface area contributed by atoms with Crippen LogP contribution in [-0.4, -0.2) is 36.2 Å². The number of carbonyl (C=O) groups is 1. The predicted octanol–water partition coefficient (Wildman–Crippen LogP) is 6.75. The number of carbonyl (C=O) groups excluding carboxylic acids is 1. The highest BCUT2D eigenvalue weighted by Crippen LogP contribution is 2.30. The molecule has 2 fully saturated rings. The van der Waals surface area contributed by atoms with Gasteiger partial charge >= 0.3 is 6.09 Å². The summed E-state index contributed by atoms with van der Waals surface area (Å²) >= 11 is 18.0. The van der Waals surface area contributed by atoms with E-state index in [2.05, 4.69) is 22.3 Å². The highest BCUT2D eigenvalue weighted by Gasteiger charge is 2.35. The Bertz CT molecular complexity index is 894. The minimum absolute atomic E-state index is 0.137. The van der Waals surface area contributed by atoms with Crippen LogP contribution < -0.4 is 5.32 Å². The van der Waals surface area contributed by atoms with Gasteiger partial charge in [0.25, 0.3) is 0 Å². The Balaban J connectivity index is 1.23. The van der Waals surface area contributed by atoms with Crippen LogP contribution in [0.2, 0.25) is 15.1 Å². The van der Waals surface area contributed by atoms with Crippen molar-refractivity contribution >= 4 is 40.9 Å². The van der Waals surface area contributed by atoms with E-state index in [1.807, 2.05) is 12.1 Å². The van der Waals surface area contributed by atoms with Gasteiger partial charge in [-0.05, 0) is 99.0 Å². The highest BCUT2D eigenvalue weighted by atomic mass is 35.5. The van der Waals surface area contributed by atoms with Crippen LogP contribution >= 0.6 is 34.8 Å². The number of hydrogen-bond acceptors (Lipinski definition) is 3. The molecule has 2 atom stereocenters. The molecule has 0 bridgehead atoms. The molecule has 1 saturated heterocycles. The third kappa shape index (κ3) is 6.54. The number of piperidine rings is 1. The Morgan fingerprint density at radius 2 is 1.59 bits per heavy atom. The predicted molar refractivity (Wildman–Crippen MR) is 131 cm³/mol. The van der Waals surface area contributed by atoms with Crippen molar-refractivity contribution in [3.63, 3.8) is 0 Å². The lowest BCUT2D eigenvalue weighted by Gasteiger charge is -2.38. The summed E-state index contributed by atoms with van der Waals surface area (Å²) in [6, 6.07) is 13.9. The topological polar surface area (TPSA) is 41.6 Å². The molecule has 7 heteroatoms. The van der Waals surface area contributed by atoms with Crippen molar-refractivity contribution < 1.29 is 9.53 Å². The number of nitrogens with zero attached hydrogens (tertiary/aromatic N) is 1. The number of halogens is 3. The molecule has 1 saturated carbocycles. The number of benzene rings is 2. The number of ether oxygens (including phenoxy) is 1. The Kier molecular flexibility index (Phi) is 8.22. The summed E-state index contributed by atoms with van der Waals surface area (Å²) in [4.78, 5) is 15.0. The molecule has 1 N–H and O–H groups in total. The molecule has 1 aliphatic carbocycles. The van der Waals surface area contributed by atoms with Gasteiger partial charge < -0.3 is 10.1 Å². The van der Waals surface area contributed by atoms with E-state index in [0.29, 0.717) is 22.0 Å². The van der Waals surface area contributed by atoms with E-state index in [1.165, 1.54) is 18.4 Å². The van der Waals surface area contributed by atoms with Crippen LogP contribution in [0.4, 0.5) is 4.79 Å². The van der Waals surface area contributed by atoms with E-state index in [0.717, 1.165) is 49.4 Å². The summed E-state index contributed by atoms with van der Waals surface area (Å²) in [6.45, 7) is 2.31. The second-order valence-corrected chi connectivity index (χ2v) is 10.2. The second kappa shape index (κ2) is 11.1. The number of alkyl carbamates (subject to hydrolysis) is 1. The number of nitrogens with one attached hydrogen (secondary N) is 1. The van der Waals surface area contributed by atoms with Crippen molar-refractivity contribution in [2.75, 3.05) is 13.1 Å². The molecular formula is C25H29Cl3N2O2. The molecule has 32 heavy (non-hydrogen) atoms. The molecule has 2 aliphatic rings. The molecule has 0 radical (unpaired) electrons. The van der Waals surface area contributed by atoms with E-state index in [9.17, 15) is 4.79 Å². The fourth-order valence-corrected chi connectivity index (χ4v) is 5.72. The van der Waals surface area contributed by atoms with Crippen LogP contribution in [0.1, 0.15) is 43.2 Å². The first-order valence-electron chi connectivity index (χ1n) is 11.3. The third-order valence-electron chi connectivity index (χ3n) is 6.63. The number of hydrogen-bond donors (Lipinski definition) is 1. The van der Waals surface area contributed by atoms with Gasteiger partial charge in [-0.25, -0.2) is 4.79 Å². The minimum atomic E-state index is -0.379. The normalized spacial score (nSPS) is 22.1. The molecule has 1 heterocycles. The minimum Gasteiger partial charge on any atom is -0.445 e. The van der Waals surface area contributed by atoms with E-state index >= 15 is 0 Å². The maximum Gasteiger partial charge on any atom is 0.407 e. The first-order chi connectivity index (χ1) is 15.5. The maximum atomic E-state index is 12.4. The van der Waals surface area contributed by atoms with Crippen molar-refractivity contribution in [1.29, 1.82) is 0 Å². The van der Waals surface area contributed by atoms with Crippen LogP contribution in [0.15, 0.2) is 42.5 Å². The van der Waals surface area contributed by atoms with Gasteiger partial charge in [-0.15, -0.1) is 0 Å². The zero-order valence-electron chi connectivity index (χ0n) is 18.0. The van der Waals surface area contributed by atoms with Crippen LogP contribution in [-0.2, 0) is 17.8 Å². The summed E-state index contributed by atoms with van der Waals surface area (Å²) in [5, 5.41) is 4.96. The fraction of sp³-hybridized carbons (Fsp3) is 0.480. The largest absolute Gasteiger partial charge is 0.445 e. The Morgan fingerprint density at radius 1 is 0.906 bits per heavy atom. The van der Waals surface area contributed by atoms with Crippen LogP contribution in [0.3, 0.4) is 0 Å². The summed E-state index contributed by atoms with van der Waals surface area (Å²) in [5.41, 5.74) is 2.14. The van der Waals surface area contributed by atoms with Crippen molar-refractivity contribution in [1.82, 2.24) is 10.2 Å². The van der Waals surface area contributed by atoms with Gasteiger partial charge in [0.05, 0.1) is 0 Å². The molecule has 2 aromatic rings. The van der Waals surface area contributed by atoms with Gasteiger partial charge in [0.2, 0.25) is 0 Å². The quantitative estimate of drug-likeness (QED) is 0.482. The standard InChI is InChI=1S/C25H29Cl3N2O2/c26-20-6-4-17(5-7-20)12-18-8-10-30(11-9-18)24-3-1-2-23(24)29-25(31)32-16-19-13-21(27)15-22(28)14-19/h4-7,13-15,18,23-24H,1-3,8-12,16H2,(H,29,31)/t23-,24-/m1/s1. The molecule has 1 amide bonds. The van der Waals surface area contributed by atoms with Gasteiger partial charge in [-0.3, -0.25) is 4.90 Å². The lowest BCUT2D eigenvalue weighted by molar-refractivity contribution is 0.104. The molecule has 4 nitrogen and oxygen atoms in total. The zero-order valence-corrected chi connectivity index (χ0v) is 20.3. The number of likely N-dealkylation sites (tertiary alicyclic amines) is 1. The SMILES string of the molecule is O=C(N[C@@H]1CCC[C@H]1N1CCC(Cc2ccc(Cl)cc2)CC1)OCc1cc(Cl)cc(Cl)c1. The van der Waals surface area contributed by atoms with Gasteiger partial charge in [0.15, 0.2) is 0 Å². The second-order valence-electron chi connectivity index (χ2n) is 8.91. The van der Waals surface area contributed by atoms with Gasteiger partial charge in [0, 0.05) is 27.2 Å². The average molecular weight is 496 g/mol. The van der Waals surface area contributed by atoms with Gasteiger partial charge in [-0.2, -0.15) is 0 Å². The Labute approximate surface area is 205 Å². The smallest absolute Gasteiger partial charge is 0.407 e. The molecule has 2 aromatic carbocycles. The van der Waals surface area contributed by atoms with E-state index in [1.54, 1.807) is 18.2 Å². The first-order valence-corrected chi connectivity index (χ1v) is 12.5. The van der Waals surface area contributed by atoms with Crippen LogP contribution in [0, 0.1) is 5.92 Å². The number of amides is 1. The van der Waals surface area contributed by atoms with Crippen molar-refractivity contribution in [3.8, 4) is 0 Å². The molecule has 1 aliphatic heterocycles. The van der Waals surface area contributed by atoms with Gasteiger partial charge in [0.1, 0.15) is 6.61 Å². The molecule has 0 unspecified atom stereocenters. The number of rotatable bonds is 6. The highest BCUT2D eigenvalue weighted by molar-refractivity contribution is 6.34. The first kappa shape index (κ1) is 23.7. The molecule has 4 rings (SSSR count). The third-order valence-corrected chi connectivity index (χ3v) is 7.32. The summed E-state index contributed by atoms with van der Waals surface area (Å²) < 4.78 is 5.43. The zero-order chi connectivity index (χ0) is 22.5. The monoisotopic (exact) mass is 494 g/mol. The Hall–Kier alpha value is -1.46. The van der Waals surface area contributed by atoms with Crippen molar-refractivity contribution in [2.24, 2.45) is 5.92 Å².